The zero-order valence-electron chi connectivity index (χ0n) is 9.10. The second-order valence-corrected chi connectivity index (χ2v) is 3.24. The quantitative estimate of drug-likeness (QED) is 0.430. The summed E-state index contributed by atoms with van der Waals surface area (Å²) in [5.41, 5.74) is 3.24. The first kappa shape index (κ1) is 12.5. The number of rotatable bonds is 6. The highest BCUT2D eigenvalue weighted by molar-refractivity contribution is 5.75. The Morgan fingerprint density at radius 2 is 2.06 bits per heavy atom. The standard InChI is InChI=1S/C11H15NO4/c1-15-8-16-12-11(14)7-4-9-2-5-10(13)6-3-9/h2-3,5-6,13H,4,7-8H2,1H3,(H,12,14). The van der Waals surface area contributed by atoms with Crippen molar-refractivity contribution in [1.29, 1.82) is 0 Å². The summed E-state index contributed by atoms with van der Waals surface area (Å²) < 4.78 is 4.60. The molecule has 0 spiro atoms. The molecule has 0 heterocycles. The first-order chi connectivity index (χ1) is 7.72. The Morgan fingerprint density at radius 3 is 2.69 bits per heavy atom. The van der Waals surface area contributed by atoms with E-state index in [4.69, 9.17) is 9.94 Å². The molecule has 88 valence electrons. The molecule has 0 aliphatic carbocycles. The lowest BCUT2D eigenvalue weighted by Gasteiger charge is -2.04. The van der Waals surface area contributed by atoms with E-state index >= 15 is 0 Å². The second-order valence-electron chi connectivity index (χ2n) is 3.24. The van der Waals surface area contributed by atoms with Gasteiger partial charge in [0.05, 0.1) is 0 Å². The Bertz CT molecular complexity index is 323. The summed E-state index contributed by atoms with van der Waals surface area (Å²) in [5, 5.41) is 9.06. The minimum absolute atomic E-state index is 0.0327. The van der Waals surface area contributed by atoms with Gasteiger partial charge < -0.3 is 9.84 Å². The fraction of sp³-hybridized carbons (Fsp3) is 0.364. The third-order valence-electron chi connectivity index (χ3n) is 1.94. The molecule has 1 aromatic rings. The van der Waals surface area contributed by atoms with E-state index in [-0.39, 0.29) is 18.4 Å². The predicted octanol–water partition coefficient (Wildman–Crippen LogP) is 0.976. The van der Waals surface area contributed by atoms with Gasteiger partial charge in [0.25, 0.3) is 0 Å². The molecule has 0 aromatic heterocycles. The van der Waals surface area contributed by atoms with Crippen LogP contribution in [0.25, 0.3) is 0 Å². The van der Waals surface area contributed by atoms with Gasteiger partial charge in [-0.05, 0) is 24.1 Å². The van der Waals surface area contributed by atoms with Gasteiger partial charge in [0.2, 0.25) is 5.91 Å². The van der Waals surface area contributed by atoms with Gasteiger partial charge in [0.1, 0.15) is 5.75 Å². The number of phenolic OH excluding ortho intramolecular Hbond substituents is 1. The maximum Gasteiger partial charge on any atom is 0.243 e. The summed E-state index contributed by atoms with van der Waals surface area (Å²) >= 11 is 0. The molecule has 0 saturated heterocycles. The van der Waals surface area contributed by atoms with Crippen molar-refractivity contribution in [3.8, 4) is 5.75 Å². The Balaban J connectivity index is 2.23. The highest BCUT2D eigenvalue weighted by atomic mass is 16.8. The van der Waals surface area contributed by atoms with Gasteiger partial charge in [0, 0.05) is 13.5 Å². The molecule has 0 unspecified atom stereocenters. The summed E-state index contributed by atoms with van der Waals surface area (Å²) in [6.07, 6.45) is 0.928. The van der Waals surface area contributed by atoms with Crippen molar-refractivity contribution in [2.24, 2.45) is 0 Å². The number of hydroxylamine groups is 1. The molecule has 0 radical (unpaired) electrons. The van der Waals surface area contributed by atoms with Crippen molar-refractivity contribution in [2.45, 2.75) is 12.8 Å². The maximum absolute atomic E-state index is 11.2. The Labute approximate surface area is 93.9 Å². The number of benzene rings is 1. The molecule has 0 atom stereocenters. The van der Waals surface area contributed by atoms with Gasteiger partial charge in [-0.3, -0.25) is 4.79 Å². The number of carbonyl (C=O) groups is 1. The van der Waals surface area contributed by atoms with Gasteiger partial charge in [-0.1, -0.05) is 12.1 Å². The fourth-order valence-corrected chi connectivity index (χ4v) is 1.14. The molecule has 2 N–H and O–H groups in total. The molecule has 0 fully saturated rings. The average molecular weight is 225 g/mol. The third-order valence-corrected chi connectivity index (χ3v) is 1.94. The van der Waals surface area contributed by atoms with E-state index in [1.807, 2.05) is 0 Å². The third kappa shape index (κ3) is 4.77. The second kappa shape index (κ2) is 6.81. The maximum atomic E-state index is 11.2. The first-order valence-corrected chi connectivity index (χ1v) is 4.90. The van der Waals surface area contributed by atoms with E-state index in [2.05, 4.69) is 10.2 Å². The number of ether oxygens (including phenoxy) is 1. The number of carbonyl (C=O) groups excluding carboxylic acids is 1. The van der Waals surface area contributed by atoms with Crippen molar-refractivity contribution < 1.29 is 19.5 Å². The van der Waals surface area contributed by atoms with Crippen molar-refractivity contribution >= 4 is 5.91 Å². The normalized spacial score (nSPS) is 10.1. The van der Waals surface area contributed by atoms with E-state index in [0.29, 0.717) is 12.8 Å². The van der Waals surface area contributed by atoms with E-state index in [0.717, 1.165) is 5.56 Å². The number of methoxy groups -OCH3 is 1. The highest BCUT2D eigenvalue weighted by Gasteiger charge is 2.01. The monoisotopic (exact) mass is 225 g/mol. The molecule has 1 amide bonds. The number of phenols is 1. The smallest absolute Gasteiger partial charge is 0.243 e. The Morgan fingerprint density at radius 1 is 1.38 bits per heavy atom. The van der Waals surface area contributed by atoms with E-state index in [1.54, 1.807) is 24.3 Å². The molecule has 0 bridgehead atoms. The SMILES string of the molecule is COCONC(=O)CCc1ccc(O)cc1. The van der Waals surface area contributed by atoms with Crippen LogP contribution >= 0.6 is 0 Å². The molecular formula is C11H15NO4. The van der Waals surface area contributed by atoms with Gasteiger partial charge in [-0.15, -0.1) is 0 Å². The van der Waals surface area contributed by atoms with Crippen LogP contribution in [0.5, 0.6) is 5.75 Å². The van der Waals surface area contributed by atoms with Crippen molar-refractivity contribution in [2.75, 3.05) is 13.9 Å². The molecule has 0 aliphatic rings. The number of amides is 1. The Hall–Kier alpha value is -1.59. The fourth-order valence-electron chi connectivity index (χ4n) is 1.14. The molecule has 1 aromatic carbocycles. The van der Waals surface area contributed by atoms with Gasteiger partial charge in [-0.25, -0.2) is 10.3 Å². The van der Waals surface area contributed by atoms with Gasteiger partial charge >= 0.3 is 0 Å². The lowest BCUT2D eigenvalue weighted by atomic mass is 10.1. The molecule has 5 nitrogen and oxygen atoms in total. The first-order valence-electron chi connectivity index (χ1n) is 4.90. The summed E-state index contributed by atoms with van der Waals surface area (Å²) in [6.45, 7) is 0.0327. The number of nitrogens with one attached hydrogen (secondary N) is 1. The molecule has 16 heavy (non-hydrogen) atoms. The summed E-state index contributed by atoms with van der Waals surface area (Å²) in [7, 11) is 1.47. The predicted molar refractivity (Wildman–Crippen MR) is 57.5 cm³/mol. The minimum atomic E-state index is -0.204. The van der Waals surface area contributed by atoms with Crippen LogP contribution in [0.3, 0.4) is 0 Å². The van der Waals surface area contributed by atoms with Crippen LogP contribution in [0.2, 0.25) is 0 Å². The number of hydrogen-bond acceptors (Lipinski definition) is 4. The molecule has 0 aliphatic heterocycles. The van der Waals surface area contributed by atoms with Gasteiger partial charge in [0.15, 0.2) is 6.79 Å². The summed E-state index contributed by atoms with van der Waals surface area (Å²) in [6, 6.07) is 6.74. The minimum Gasteiger partial charge on any atom is -0.508 e. The lowest BCUT2D eigenvalue weighted by Crippen LogP contribution is -2.24. The van der Waals surface area contributed by atoms with E-state index in [1.165, 1.54) is 7.11 Å². The van der Waals surface area contributed by atoms with Crippen LogP contribution in [0.1, 0.15) is 12.0 Å². The zero-order valence-corrected chi connectivity index (χ0v) is 9.10. The number of aromatic hydroxyl groups is 1. The summed E-state index contributed by atoms with van der Waals surface area (Å²) in [4.78, 5) is 15.9. The lowest BCUT2D eigenvalue weighted by molar-refractivity contribution is -0.144. The van der Waals surface area contributed by atoms with E-state index in [9.17, 15) is 4.79 Å². The van der Waals surface area contributed by atoms with Crippen molar-refractivity contribution in [1.82, 2.24) is 5.48 Å². The topological polar surface area (TPSA) is 67.8 Å². The molecule has 5 heteroatoms. The zero-order chi connectivity index (χ0) is 11.8. The number of aryl methyl sites for hydroxylation is 1. The van der Waals surface area contributed by atoms with Crippen LogP contribution < -0.4 is 5.48 Å². The van der Waals surface area contributed by atoms with Crippen LogP contribution in [0.4, 0.5) is 0 Å². The number of hydrogen-bond donors (Lipinski definition) is 2. The van der Waals surface area contributed by atoms with Crippen LogP contribution in [-0.2, 0) is 20.8 Å². The van der Waals surface area contributed by atoms with Crippen LogP contribution in [0.15, 0.2) is 24.3 Å². The molecule has 1 rings (SSSR count). The van der Waals surface area contributed by atoms with Crippen molar-refractivity contribution in [3.63, 3.8) is 0 Å². The van der Waals surface area contributed by atoms with Gasteiger partial charge in [-0.2, -0.15) is 0 Å². The molecular weight excluding hydrogens is 210 g/mol. The Kier molecular flexibility index (Phi) is 5.31. The van der Waals surface area contributed by atoms with Crippen molar-refractivity contribution in [3.05, 3.63) is 29.8 Å². The largest absolute Gasteiger partial charge is 0.508 e. The summed E-state index contributed by atoms with van der Waals surface area (Å²) in [5.74, 6) is 0.0155. The van der Waals surface area contributed by atoms with Crippen LogP contribution in [-0.4, -0.2) is 24.9 Å². The highest BCUT2D eigenvalue weighted by Crippen LogP contribution is 2.10. The molecule has 0 saturated carbocycles. The van der Waals surface area contributed by atoms with Crippen LogP contribution in [0, 0.1) is 0 Å². The average Bonchev–Trinajstić information content (AvgIpc) is 2.29. The van der Waals surface area contributed by atoms with E-state index < -0.39 is 0 Å².